The first-order chi connectivity index (χ1) is 18.4. The summed E-state index contributed by atoms with van der Waals surface area (Å²) < 4.78 is 46.6. The molecule has 1 saturated heterocycles. The van der Waals surface area contributed by atoms with Crippen molar-refractivity contribution in [3.8, 4) is 5.75 Å². The van der Waals surface area contributed by atoms with E-state index < -0.39 is 23.2 Å². The maximum Gasteiger partial charge on any atom is 0.430 e. The summed E-state index contributed by atoms with van der Waals surface area (Å²) >= 11 is 6.26. The van der Waals surface area contributed by atoms with E-state index in [4.69, 9.17) is 16.3 Å². The Kier molecular flexibility index (Phi) is 8.32. The Labute approximate surface area is 230 Å². The lowest BCUT2D eigenvalue weighted by Gasteiger charge is -2.33. The number of carbonyl (C=O) groups is 2. The van der Waals surface area contributed by atoms with Crippen LogP contribution in [-0.4, -0.2) is 73.8 Å². The fraction of sp³-hybridized carbons (Fsp3) is 0.519. The summed E-state index contributed by atoms with van der Waals surface area (Å²) in [6.45, 7) is 1.52. The monoisotopic (exact) mass is 568 g/mol. The van der Waals surface area contributed by atoms with E-state index in [0.29, 0.717) is 23.2 Å². The zero-order valence-corrected chi connectivity index (χ0v) is 22.7. The van der Waals surface area contributed by atoms with Crippen molar-refractivity contribution in [1.82, 2.24) is 15.2 Å². The Morgan fingerprint density at radius 1 is 1.21 bits per heavy atom. The van der Waals surface area contributed by atoms with Crippen LogP contribution < -0.4 is 15.0 Å². The fourth-order valence-corrected chi connectivity index (χ4v) is 5.49. The lowest BCUT2D eigenvalue weighted by molar-refractivity contribution is -0.257. The fourth-order valence-electron chi connectivity index (χ4n) is 5.26. The number of carbonyl (C=O) groups excluding carboxylic acids is 2. The van der Waals surface area contributed by atoms with E-state index in [2.05, 4.69) is 15.2 Å². The molecule has 8 nitrogen and oxygen atoms in total. The van der Waals surface area contributed by atoms with E-state index >= 15 is 0 Å². The first kappa shape index (κ1) is 28.9. The molecule has 1 aromatic carbocycles. The van der Waals surface area contributed by atoms with Gasteiger partial charge in [-0.3, -0.25) is 9.59 Å². The van der Waals surface area contributed by atoms with Crippen molar-refractivity contribution in [3.05, 3.63) is 52.7 Å². The van der Waals surface area contributed by atoms with Crippen molar-refractivity contribution in [2.24, 2.45) is 17.8 Å². The van der Waals surface area contributed by atoms with E-state index in [1.54, 1.807) is 26.2 Å². The molecule has 0 bridgehead atoms. The predicted octanol–water partition coefficient (Wildman–Crippen LogP) is 3.86. The topological polar surface area (TPSA) is 95.0 Å². The number of aliphatic hydroxyl groups is 1. The van der Waals surface area contributed by atoms with Gasteiger partial charge in [0.25, 0.3) is 17.4 Å². The molecule has 1 aliphatic heterocycles. The number of nitrogens with zero attached hydrogens (tertiary/aromatic N) is 3. The van der Waals surface area contributed by atoms with Gasteiger partial charge in [0.2, 0.25) is 0 Å². The standard InChI is InChI=1S/C27H32ClF3N4O4/c1-34(2)24(36)20-7-8-22(33-23(20)28)35-11-9-16(10-12-35)21-13-17(21)15-32-25(37)26(38,27(29,30)31)18-5-4-6-19(14-18)39-3/h4-8,14,16-17,21,38H,9-13,15H2,1-3H3,(H,32,37)/t17-,21+,26?/m0/s1. The number of halogens is 4. The number of hydrogen-bond acceptors (Lipinski definition) is 6. The predicted molar refractivity (Wildman–Crippen MR) is 140 cm³/mol. The highest BCUT2D eigenvalue weighted by molar-refractivity contribution is 6.32. The quantitative estimate of drug-likeness (QED) is 0.470. The maximum absolute atomic E-state index is 13.9. The number of alkyl halides is 3. The van der Waals surface area contributed by atoms with Crippen molar-refractivity contribution in [3.63, 3.8) is 0 Å². The Morgan fingerprint density at radius 2 is 1.90 bits per heavy atom. The van der Waals surface area contributed by atoms with Crippen LogP contribution in [0, 0.1) is 17.8 Å². The lowest BCUT2D eigenvalue weighted by Crippen LogP contribution is -2.54. The van der Waals surface area contributed by atoms with Crippen LogP contribution >= 0.6 is 11.6 Å². The number of aromatic nitrogens is 1. The van der Waals surface area contributed by atoms with Gasteiger partial charge in [-0.25, -0.2) is 4.98 Å². The minimum Gasteiger partial charge on any atom is -0.497 e. The van der Waals surface area contributed by atoms with Crippen LogP contribution in [0.3, 0.4) is 0 Å². The van der Waals surface area contributed by atoms with Gasteiger partial charge in [0.15, 0.2) is 0 Å². The Morgan fingerprint density at radius 3 is 2.49 bits per heavy atom. The van der Waals surface area contributed by atoms with Crippen LogP contribution in [0.5, 0.6) is 5.75 Å². The van der Waals surface area contributed by atoms with Crippen LogP contribution in [0.15, 0.2) is 36.4 Å². The summed E-state index contributed by atoms with van der Waals surface area (Å²) in [5.74, 6) is -0.209. The lowest BCUT2D eigenvalue weighted by atomic mass is 9.90. The molecule has 2 N–H and O–H groups in total. The van der Waals surface area contributed by atoms with Crippen molar-refractivity contribution in [2.75, 3.05) is 45.7 Å². The number of amides is 2. The van der Waals surface area contributed by atoms with Gasteiger partial charge < -0.3 is 25.0 Å². The molecule has 212 valence electrons. The highest BCUT2D eigenvalue weighted by Gasteiger charge is 2.61. The van der Waals surface area contributed by atoms with Crippen LogP contribution in [0.1, 0.15) is 35.2 Å². The Balaban J connectivity index is 1.31. The van der Waals surface area contributed by atoms with Gasteiger partial charge in [0.1, 0.15) is 16.7 Å². The van der Waals surface area contributed by atoms with E-state index in [-0.39, 0.29) is 29.3 Å². The number of hydrogen-bond donors (Lipinski definition) is 2. The molecule has 39 heavy (non-hydrogen) atoms. The minimum atomic E-state index is -5.21. The molecule has 2 aliphatic rings. The SMILES string of the molecule is COc1cccc(C(O)(C(=O)NC[C@@H]2C[C@@H]2C2CCN(c3ccc(C(=O)N(C)C)c(Cl)n3)CC2)C(F)(F)F)c1. The number of rotatable bonds is 8. The molecular formula is C27H32ClF3N4O4. The molecule has 2 aromatic rings. The molecule has 2 amide bonds. The first-order valence-electron chi connectivity index (χ1n) is 12.7. The number of benzene rings is 1. The molecule has 0 radical (unpaired) electrons. The number of piperidine rings is 1. The normalized spacial score (nSPS) is 21.2. The molecule has 1 unspecified atom stereocenters. The Bertz CT molecular complexity index is 1220. The summed E-state index contributed by atoms with van der Waals surface area (Å²) in [5, 5.41) is 13.0. The molecule has 1 saturated carbocycles. The van der Waals surface area contributed by atoms with Crippen molar-refractivity contribution in [1.29, 1.82) is 0 Å². The van der Waals surface area contributed by atoms with Crippen LogP contribution in [-0.2, 0) is 10.4 Å². The third-order valence-electron chi connectivity index (χ3n) is 7.67. The van der Waals surface area contributed by atoms with Crippen LogP contribution in [0.4, 0.5) is 19.0 Å². The second kappa shape index (κ2) is 11.2. The van der Waals surface area contributed by atoms with Gasteiger partial charge in [-0.15, -0.1) is 0 Å². The van der Waals surface area contributed by atoms with Gasteiger partial charge >= 0.3 is 6.18 Å². The number of methoxy groups -OCH3 is 1. The first-order valence-corrected chi connectivity index (χ1v) is 13.1. The van der Waals surface area contributed by atoms with Crippen LogP contribution in [0.25, 0.3) is 0 Å². The summed E-state index contributed by atoms with van der Waals surface area (Å²) in [4.78, 5) is 32.8. The molecule has 0 spiro atoms. The summed E-state index contributed by atoms with van der Waals surface area (Å²) in [5.41, 5.74) is -3.94. The van der Waals surface area contributed by atoms with E-state index in [0.717, 1.165) is 44.5 Å². The zero-order chi connectivity index (χ0) is 28.5. The van der Waals surface area contributed by atoms with E-state index in [1.807, 2.05) is 0 Å². The van der Waals surface area contributed by atoms with Gasteiger partial charge in [-0.1, -0.05) is 23.7 Å². The average Bonchev–Trinajstić information content (AvgIpc) is 3.70. The van der Waals surface area contributed by atoms with Crippen molar-refractivity contribution in [2.45, 2.75) is 31.0 Å². The van der Waals surface area contributed by atoms with Crippen molar-refractivity contribution >= 4 is 29.2 Å². The second-order valence-corrected chi connectivity index (χ2v) is 10.7. The highest BCUT2D eigenvalue weighted by Crippen LogP contribution is 2.48. The molecule has 4 rings (SSSR count). The van der Waals surface area contributed by atoms with Gasteiger partial charge in [0.05, 0.1) is 12.7 Å². The molecule has 2 heterocycles. The number of anilines is 1. The second-order valence-electron chi connectivity index (χ2n) is 10.3. The minimum absolute atomic E-state index is 0.0530. The third-order valence-corrected chi connectivity index (χ3v) is 7.96. The number of pyridine rings is 1. The number of nitrogens with one attached hydrogen (secondary N) is 1. The van der Waals surface area contributed by atoms with E-state index in [9.17, 15) is 27.9 Å². The smallest absolute Gasteiger partial charge is 0.430 e. The molecular weight excluding hydrogens is 537 g/mol. The maximum atomic E-state index is 13.9. The molecule has 1 aliphatic carbocycles. The third kappa shape index (κ3) is 5.94. The largest absolute Gasteiger partial charge is 0.497 e. The molecule has 2 fully saturated rings. The molecule has 12 heteroatoms. The van der Waals surface area contributed by atoms with Gasteiger partial charge in [-0.2, -0.15) is 13.2 Å². The number of ether oxygens (including phenoxy) is 1. The highest BCUT2D eigenvalue weighted by atomic mass is 35.5. The summed E-state index contributed by atoms with van der Waals surface area (Å²) in [7, 11) is 4.58. The van der Waals surface area contributed by atoms with Crippen LogP contribution in [0.2, 0.25) is 5.15 Å². The summed E-state index contributed by atoms with van der Waals surface area (Å²) in [6.07, 6.45) is -2.68. The van der Waals surface area contributed by atoms with Gasteiger partial charge in [0, 0.05) is 39.3 Å². The molecule has 3 atom stereocenters. The summed E-state index contributed by atoms with van der Waals surface area (Å²) in [6, 6.07) is 8.25. The average molecular weight is 569 g/mol. The van der Waals surface area contributed by atoms with E-state index in [1.165, 1.54) is 24.1 Å². The van der Waals surface area contributed by atoms with Gasteiger partial charge in [-0.05, 0) is 61.3 Å². The zero-order valence-electron chi connectivity index (χ0n) is 22.0. The Hall–Kier alpha value is -3.05. The molecule has 1 aromatic heterocycles. The van der Waals surface area contributed by atoms with Crippen molar-refractivity contribution < 1.29 is 32.6 Å².